The lowest BCUT2D eigenvalue weighted by Crippen LogP contribution is -2.54. The molecule has 2 aliphatic rings. The van der Waals surface area contributed by atoms with Gasteiger partial charge in [0.2, 0.25) is 5.91 Å². The summed E-state index contributed by atoms with van der Waals surface area (Å²) in [6.07, 6.45) is 6.24. The zero-order valence-corrected chi connectivity index (χ0v) is 19.8. The monoisotopic (exact) mass is 450 g/mol. The highest BCUT2D eigenvalue weighted by atomic mass is 16.5. The highest BCUT2D eigenvalue weighted by Crippen LogP contribution is 2.46. The first-order chi connectivity index (χ1) is 15.9. The van der Waals surface area contributed by atoms with E-state index in [0.29, 0.717) is 44.3 Å². The molecule has 8 nitrogen and oxygen atoms in total. The molecule has 1 saturated carbocycles. The molecule has 33 heavy (non-hydrogen) atoms. The number of methoxy groups -OCH3 is 1. The van der Waals surface area contributed by atoms with E-state index in [2.05, 4.69) is 28.3 Å². The smallest absolute Gasteiger partial charge is 0.225 e. The van der Waals surface area contributed by atoms with E-state index in [1.54, 1.807) is 19.4 Å². The van der Waals surface area contributed by atoms with Crippen molar-refractivity contribution in [2.75, 3.05) is 55.9 Å². The fourth-order valence-electron chi connectivity index (χ4n) is 4.45. The summed E-state index contributed by atoms with van der Waals surface area (Å²) >= 11 is 0. The van der Waals surface area contributed by atoms with Gasteiger partial charge in [-0.2, -0.15) is 0 Å². The Kier molecular flexibility index (Phi) is 6.83. The van der Waals surface area contributed by atoms with Gasteiger partial charge in [-0.25, -0.2) is 4.98 Å². The van der Waals surface area contributed by atoms with Gasteiger partial charge in [0, 0.05) is 57.6 Å². The first-order valence-corrected chi connectivity index (χ1v) is 11.6. The van der Waals surface area contributed by atoms with Crippen LogP contribution in [-0.2, 0) is 9.53 Å². The van der Waals surface area contributed by atoms with E-state index >= 15 is 0 Å². The summed E-state index contributed by atoms with van der Waals surface area (Å²) in [7, 11) is 3.66. The zero-order chi connectivity index (χ0) is 23.5. The molecule has 176 valence electrons. The van der Waals surface area contributed by atoms with E-state index in [4.69, 9.17) is 15.5 Å². The maximum absolute atomic E-state index is 12.5. The average molecular weight is 451 g/mol. The van der Waals surface area contributed by atoms with Crippen molar-refractivity contribution in [2.45, 2.75) is 38.1 Å². The second kappa shape index (κ2) is 9.79. The largest absolute Gasteiger partial charge is 0.396 e. The third-order valence-corrected chi connectivity index (χ3v) is 6.49. The summed E-state index contributed by atoms with van der Waals surface area (Å²) in [5.74, 6) is 1.42. The number of nitrogens with two attached hydrogens (primary N) is 1. The Morgan fingerprint density at radius 1 is 1.36 bits per heavy atom. The number of carbonyl (C=O) groups excluding carboxylic acids is 1. The van der Waals surface area contributed by atoms with E-state index < -0.39 is 0 Å². The molecular weight excluding hydrogens is 416 g/mol. The van der Waals surface area contributed by atoms with Crippen molar-refractivity contribution in [2.24, 2.45) is 0 Å². The molecule has 1 atom stereocenters. The van der Waals surface area contributed by atoms with Crippen molar-refractivity contribution in [3.8, 4) is 0 Å². The molecule has 0 bridgehead atoms. The van der Waals surface area contributed by atoms with Crippen LogP contribution in [0.5, 0.6) is 0 Å². The Labute approximate surface area is 196 Å². The highest BCUT2D eigenvalue weighted by Gasteiger charge is 2.33. The fourth-order valence-corrected chi connectivity index (χ4v) is 4.45. The lowest BCUT2D eigenvalue weighted by atomic mass is 10.1. The Bertz CT molecular complexity index is 1020. The van der Waals surface area contributed by atoms with Crippen molar-refractivity contribution in [3.05, 3.63) is 42.4 Å². The number of piperazine rings is 1. The van der Waals surface area contributed by atoms with Crippen LogP contribution in [0.3, 0.4) is 0 Å². The quantitative estimate of drug-likeness (QED) is 0.659. The maximum Gasteiger partial charge on any atom is 0.225 e. The minimum absolute atomic E-state index is 0.0881. The molecule has 3 heterocycles. The molecule has 0 spiro atoms. The fraction of sp³-hybridized carbons (Fsp3) is 0.480. The average Bonchev–Trinajstić information content (AvgIpc) is 3.67. The maximum atomic E-state index is 12.5. The van der Waals surface area contributed by atoms with Gasteiger partial charge in [0.25, 0.3) is 0 Å². The molecule has 1 amide bonds. The van der Waals surface area contributed by atoms with Crippen molar-refractivity contribution < 1.29 is 9.53 Å². The molecule has 2 aromatic heterocycles. The second-order valence-electron chi connectivity index (χ2n) is 8.91. The highest BCUT2D eigenvalue weighted by molar-refractivity contribution is 5.78. The number of hydrogen-bond donors (Lipinski definition) is 1. The number of amides is 1. The van der Waals surface area contributed by atoms with Crippen LogP contribution in [0.2, 0.25) is 0 Å². The van der Waals surface area contributed by atoms with Gasteiger partial charge >= 0.3 is 0 Å². The minimum atomic E-state index is 0.0881. The van der Waals surface area contributed by atoms with E-state index in [0.717, 1.165) is 41.4 Å². The van der Waals surface area contributed by atoms with Gasteiger partial charge in [0.15, 0.2) is 5.82 Å². The van der Waals surface area contributed by atoms with Crippen LogP contribution in [0.25, 0.3) is 6.08 Å². The van der Waals surface area contributed by atoms with E-state index in [-0.39, 0.29) is 11.9 Å². The van der Waals surface area contributed by atoms with Crippen LogP contribution >= 0.6 is 0 Å². The Morgan fingerprint density at radius 2 is 2.15 bits per heavy atom. The summed E-state index contributed by atoms with van der Waals surface area (Å²) in [6.45, 7) is 8.44. The van der Waals surface area contributed by atoms with Crippen LogP contribution in [-0.4, -0.2) is 67.2 Å². The molecule has 1 aliphatic carbocycles. The van der Waals surface area contributed by atoms with E-state index in [1.165, 1.54) is 0 Å². The zero-order valence-electron chi connectivity index (χ0n) is 19.8. The summed E-state index contributed by atoms with van der Waals surface area (Å²) in [5, 5.41) is 0. The molecule has 1 aliphatic heterocycles. The predicted molar refractivity (Wildman–Crippen MR) is 133 cm³/mol. The number of nitrogen functional groups attached to an aromatic ring is 1. The summed E-state index contributed by atoms with van der Waals surface area (Å²) in [6, 6.07) is 6.13. The second-order valence-corrected chi connectivity index (χ2v) is 8.91. The lowest BCUT2D eigenvalue weighted by Gasteiger charge is -2.41. The summed E-state index contributed by atoms with van der Waals surface area (Å²) in [5.41, 5.74) is 11.2. The molecule has 2 aromatic rings. The van der Waals surface area contributed by atoms with Gasteiger partial charge in [0.1, 0.15) is 0 Å². The first kappa shape index (κ1) is 23.0. The van der Waals surface area contributed by atoms with Crippen molar-refractivity contribution >= 4 is 34.9 Å². The van der Waals surface area contributed by atoms with Crippen LogP contribution in [0.15, 0.2) is 31.0 Å². The van der Waals surface area contributed by atoms with Gasteiger partial charge in [-0.3, -0.25) is 9.78 Å². The minimum Gasteiger partial charge on any atom is -0.396 e. The van der Waals surface area contributed by atoms with Crippen LogP contribution in [0.4, 0.5) is 22.9 Å². The molecule has 0 unspecified atom stereocenters. The van der Waals surface area contributed by atoms with Crippen LogP contribution < -0.4 is 15.5 Å². The number of ether oxygens (including phenoxy) is 1. The molecule has 0 radical (unpaired) electrons. The Hall–Kier alpha value is -3.13. The van der Waals surface area contributed by atoms with Gasteiger partial charge in [-0.1, -0.05) is 6.58 Å². The molecule has 8 heteroatoms. The molecule has 2 fully saturated rings. The summed E-state index contributed by atoms with van der Waals surface area (Å²) < 4.78 is 5.06. The molecule has 2 N–H and O–H groups in total. The van der Waals surface area contributed by atoms with Crippen molar-refractivity contribution in [1.29, 1.82) is 0 Å². The lowest BCUT2D eigenvalue weighted by molar-refractivity contribution is -0.134. The Balaban J connectivity index is 1.58. The molecule has 1 saturated heterocycles. The van der Waals surface area contributed by atoms with Crippen molar-refractivity contribution in [3.63, 3.8) is 0 Å². The van der Waals surface area contributed by atoms with Crippen molar-refractivity contribution in [1.82, 2.24) is 14.9 Å². The number of rotatable bonds is 8. The van der Waals surface area contributed by atoms with Gasteiger partial charge < -0.3 is 25.2 Å². The molecule has 0 aromatic carbocycles. The predicted octanol–water partition coefficient (Wildman–Crippen LogP) is 3.42. The Morgan fingerprint density at radius 3 is 2.82 bits per heavy atom. The first-order valence-electron chi connectivity index (χ1n) is 11.6. The van der Waals surface area contributed by atoms with Gasteiger partial charge in [0.05, 0.1) is 35.8 Å². The van der Waals surface area contributed by atoms with Crippen LogP contribution in [0.1, 0.15) is 43.5 Å². The standard InChI is InChI=1S/C25H34N6O2/c1-5-19-14-20(8-10-27-19)29(3)22-15-21(26)25(28-24(22)18-6-7-18)30-11-12-31(17(2)16-30)23(32)9-13-33-4/h5,8,10,14-15,17-18H,1,6-7,9,11-13,16,26H2,2-4H3/t17-/m1/s1. The van der Waals surface area contributed by atoms with Crippen LogP contribution in [0, 0.1) is 0 Å². The number of anilines is 4. The number of hydrogen-bond acceptors (Lipinski definition) is 7. The third kappa shape index (κ3) is 4.95. The summed E-state index contributed by atoms with van der Waals surface area (Å²) in [4.78, 5) is 28.2. The van der Waals surface area contributed by atoms with Gasteiger partial charge in [-0.15, -0.1) is 0 Å². The van der Waals surface area contributed by atoms with Gasteiger partial charge in [-0.05, 0) is 44.0 Å². The van der Waals surface area contributed by atoms with E-state index in [1.807, 2.05) is 30.1 Å². The normalized spacial score (nSPS) is 18.3. The third-order valence-electron chi connectivity index (χ3n) is 6.49. The SMILES string of the molecule is C=Cc1cc(N(C)c2cc(N)c(N3CCN(C(=O)CCOC)[C@H](C)C3)nc2C2CC2)ccn1. The topological polar surface area (TPSA) is 87.8 Å². The number of carbonyl (C=O) groups is 1. The number of pyridine rings is 2. The van der Waals surface area contributed by atoms with E-state index in [9.17, 15) is 4.79 Å². The molecule has 4 rings (SSSR count). The number of nitrogens with zero attached hydrogens (tertiary/aromatic N) is 5. The molecular formula is C25H34N6O2. The number of aromatic nitrogens is 2.